The summed E-state index contributed by atoms with van der Waals surface area (Å²) in [5, 5.41) is 0. The van der Waals surface area contributed by atoms with Crippen LogP contribution < -0.4 is 0 Å². The van der Waals surface area contributed by atoms with Crippen LogP contribution in [0.1, 0.15) is 92.9 Å². The van der Waals surface area contributed by atoms with E-state index in [0.717, 1.165) is 0 Å². The first-order valence-electron chi connectivity index (χ1n) is 21.1. The third-order valence-electron chi connectivity index (χ3n) is 13.3. The van der Waals surface area contributed by atoms with Crippen LogP contribution in [0.3, 0.4) is 0 Å². The molecule has 0 aromatic carbocycles. The number of ether oxygens (including phenoxy) is 14. The van der Waals surface area contributed by atoms with E-state index in [1.165, 1.54) is 0 Å². The van der Waals surface area contributed by atoms with Crippen molar-refractivity contribution in [1.29, 1.82) is 0 Å². The van der Waals surface area contributed by atoms with Crippen molar-refractivity contribution in [1.82, 2.24) is 0 Å². The van der Waals surface area contributed by atoms with E-state index in [1.807, 2.05) is 41.5 Å². The molecule has 0 radical (unpaired) electrons. The van der Waals surface area contributed by atoms with Crippen molar-refractivity contribution in [2.75, 3.05) is 55.9 Å². The highest BCUT2D eigenvalue weighted by Gasteiger charge is 2.53. The lowest BCUT2D eigenvalue weighted by atomic mass is 9.73. The number of carbonyl (C=O) groups excluding carboxylic acids is 2. The first-order valence-corrected chi connectivity index (χ1v) is 21.1. The quantitative estimate of drug-likeness (QED) is 0.258. The summed E-state index contributed by atoms with van der Waals surface area (Å²) in [5.74, 6) is -0.753. The van der Waals surface area contributed by atoms with Crippen LogP contribution in [-0.4, -0.2) is 166 Å². The SMILES string of the molecule is CC[C@@H]1C[C@@H]2C[C@H](O[C@@H]3OC[C@@H](OC)[C@H](OC)[C@H]3OC)C(C)(C)[C@H](CC(=O)O[C@H](CC)C[C@@H]3C[C@H](O[C@@H]4OC[C@@H](OC)[C@H](OC)[C@H]4OC)C(C)(C)[C@H](CC(=O)O1)O3)O2. The molecule has 16 nitrogen and oxygen atoms in total. The van der Waals surface area contributed by atoms with Gasteiger partial charge in [0.2, 0.25) is 0 Å². The molecular formula is C42H72O16. The van der Waals surface area contributed by atoms with Crippen LogP contribution in [0, 0.1) is 10.8 Å². The first kappa shape index (κ1) is 47.5. The number of hydrogen-bond acceptors (Lipinski definition) is 16. The Labute approximate surface area is 345 Å². The van der Waals surface area contributed by atoms with E-state index in [0.29, 0.717) is 38.5 Å². The Balaban J connectivity index is 1.39. The molecule has 16 atom stereocenters. The zero-order chi connectivity index (χ0) is 42.4. The van der Waals surface area contributed by atoms with Crippen LogP contribution in [-0.2, 0) is 75.9 Å². The molecule has 5 saturated heterocycles. The first-order chi connectivity index (χ1) is 27.7. The molecule has 0 spiro atoms. The van der Waals surface area contributed by atoms with Crippen molar-refractivity contribution in [3.63, 3.8) is 0 Å². The molecule has 5 fully saturated rings. The maximum atomic E-state index is 13.9. The average Bonchev–Trinajstić information content (AvgIpc) is 3.19. The Morgan fingerprint density at radius 3 is 1.21 bits per heavy atom. The molecule has 0 amide bonds. The van der Waals surface area contributed by atoms with Gasteiger partial charge >= 0.3 is 11.9 Å². The molecule has 58 heavy (non-hydrogen) atoms. The van der Waals surface area contributed by atoms with E-state index >= 15 is 0 Å². The van der Waals surface area contributed by atoms with E-state index in [2.05, 4.69) is 0 Å². The molecule has 0 aliphatic carbocycles. The number of esters is 2. The topological polar surface area (TPSA) is 163 Å². The fourth-order valence-corrected chi connectivity index (χ4v) is 9.28. The van der Waals surface area contributed by atoms with E-state index in [1.54, 1.807) is 42.7 Å². The minimum absolute atomic E-state index is 0.00437. The van der Waals surface area contributed by atoms with Crippen molar-refractivity contribution in [3.05, 3.63) is 0 Å². The number of fused-ring (bicyclic) bond motifs is 4. The Kier molecular flexibility index (Phi) is 17.2. The van der Waals surface area contributed by atoms with Crippen LogP contribution in [0.25, 0.3) is 0 Å². The second-order valence-corrected chi connectivity index (χ2v) is 17.5. The summed E-state index contributed by atoms with van der Waals surface area (Å²) in [5.41, 5.74) is -1.32. The van der Waals surface area contributed by atoms with Gasteiger partial charge < -0.3 is 66.3 Å². The van der Waals surface area contributed by atoms with E-state index in [4.69, 9.17) is 66.3 Å². The Hall–Kier alpha value is -1.54. The maximum absolute atomic E-state index is 13.9. The Morgan fingerprint density at radius 1 is 0.534 bits per heavy atom. The molecule has 336 valence electrons. The Bertz CT molecular complexity index is 1200. The van der Waals surface area contributed by atoms with Crippen molar-refractivity contribution in [3.8, 4) is 0 Å². The normalized spacial score (nSPS) is 42.6. The summed E-state index contributed by atoms with van der Waals surface area (Å²) in [4.78, 5) is 27.8. The van der Waals surface area contributed by atoms with E-state index in [-0.39, 0.29) is 50.2 Å². The zero-order valence-electron chi connectivity index (χ0n) is 36.8. The number of hydrogen-bond donors (Lipinski definition) is 0. The predicted octanol–water partition coefficient (Wildman–Crippen LogP) is 4.14. The van der Waals surface area contributed by atoms with Gasteiger partial charge in [-0.25, -0.2) is 0 Å². The summed E-state index contributed by atoms with van der Waals surface area (Å²) in [6, 6.07) is 0. The molecule has 5 heterocycles. The third kappa shape index (κ3) is 10.7. The fraction of sp³-hybridized carbons (Fsp3) is 0.952. The number of carbonyl (C=O) groups is 2. The van der Waals surface area contributed by atoms with Gasteiger partial charge in [0, 0.05) is 79.2 Å². The molecule has 4 bridgehead atoms. The average molecular weight is 833 g/mol. The molecule has 5 rings (SSSR count). The standard InChI is InChI=1S/C42H72O16/c1-13-23-15-25-17-29(57-39-37(49-11)35(47-9)27(45-7)21-51-39)41(3,4)32(53-25)20-34(44)56-24(14-2)16-26-18-30(42(5,6)31(54-26)19-33(43)55-23)58-40-38(50-12)36(48-10)28(46-8)22-52-40/h23-32,35-40H,13-22H2,1-12H3/t23-,24-,25-,26-,27-,28-,29+,30+,31+,32+,35+,36+,37-,38-,39+,40+/m1/s1. The van der Waals surface area contributed by atoms with Gasteiger partial charge in [-0.15, -0.1) is 0 Å². The van der Waals surface area contributed by atoms with Crippen LogP contribution in [0.5, 0.6) is 0 Å². The number of methoxy groups -OCH3 is 6. The predicted molar refractivity (Wildman–Crippen MR) is 207 cm³/mol. The highest BCUT2D eigenvalue weighted by molar-refractivity contribution is 5.71. The molecule has 0 aromatic rings. The summed E-state index contributed by atoms with van der Waals surface area (Å²) in [7, 11) is 9.62. The van der Waals surface area contributed by atoms with Crippen molar-refractivity contribution in [2.24, 2.45) is 10.8 Å². The lowest BCUT2D eigenvalue weighted by molar-refractivity contribution is -0.319. The molecule has 0 saturated carbocycles. The van der Waals surface area contributed by atoms with E-state index < -0.39 is 96.7 Å². The minimum Gasteiger partial charge on any atom is -0.462 e. The highest BCUT2D eigenvalue weighted by atomic mass is 16.7. The van der Waals surface area contributed by atoms with Gasteiger partial charge in [0.05, 0.1) is 62.7 Å². The highest BCUT2D eigenvalue weighted by Crippen LogP contribution is 2.45. The molecule has 5 aliphatic heterocycles. The van der Waals surface area contributed by atoms with Gasteiger partial charge in [0.25, 0.3) is 0 Å². The van der Waals surface area contributed by atoms with E-state index in [9.17, 15) is 9.59 Å². The Morgan fingerprint density at radius 2 is 0.897 bits per heavy atom. The van der Waals surface area contributed by atoms with Crippen molar-refractivity contribution >= 4 is 11.9 Å². The second kappa shape index (κ2) is 21.0. The van der Waals surface area contributed by atoms with Crippen LogP contribution in [0.2, 0.25) is 0 Å². The summed E-state index contributed by atoms with van der Waals surface area (Å²) in [6.07, 6.45) is -5.06. The molecule has 5 aliphatic rings. The van der Waals surface area contributed by atoms with Gasteiger partial charge in [-0.3, -0.25) is 9.59 Å². The van der Waals surface area contributed by atoms with Crippen molar-refractivity contribution in [2.45, 2.75) is 191 Å². The zero-order valence-corrected chi connectivity index (χ0v) is 36.8. The fourth-order valence-electron chi connectivity index (χ4n) is 9.28. The van der Waals surface area contributed by atoms with Crippen LogP contribution >= 0.6 is 0 Å². The van der Waals surface area contributed by atoms with Gasteiger partial charge in [-0.1, -0.05) is 41.5 Å². The largest absolute Gasteiger partial charge is 0.462 e. The monoisotopic (exact) mass is 832 g/mol. The van der Waals surface area contributed by atoms with Gasteiger partial charge in [0.15, 0.2) is 12.6 Å². The number of rotatable bonds is 12. The van der Waals surface area contributed by atoms with Gasteiger partial charge in [-0.2, -0.15) is 0 Å². The molecular weight excluding hydrogens is 760 g/mol. The second-order valence-electron chi connectivity index (χ2n) is 17.5. The minimum atomic E-state index is -0.761. The molecule has 16 heteroatoms. The maximum Gasteiger partial charge on any atom is 0.308 e. The third-order valence-corrected chi connectivity index (χ3v) is 13.3. The lowest BCUT2D eigenvalue weighted by Gasteiger charge is -2.51. The van der Waals surface area contributed by atoms with Crippen LogP contribution in [0.4, 0.5) is 0 Å². The van der Waals surface area contributed by atoms with Crippen LogP contribution in [0.15, 0.2) is 0 Å². The lowest BCUT2D eigenvalue weighted by Crippen LogP contribution is -2.60. The number of cyclic esters (lactones) is 2. The van der Waals surface area contributed by atoms with Gasteiger partial charge in [-0.05, 0) is 12.8 Å². The summed E-state index contributed by atoms with van der Waals surface area (Å²) < 4.78 is 86.3. The van der Waals surface area contributed by atoms with Gasteiger partial charge in [0.1, 0.15) is 48.8 Å². The summed E-state index contributed by atoms with van der Waals surface area (Å²) >= 11 is 0. The summed E-state index contributed by atoms with van der Waals surface area (Å²) in [6.45, 7) is 12.6. The molecule has 0 N–H and O–H groups in total. The molecule has 0 aromatic heterocycles. The molecule has 0 unspecified atom stereocenters. The smallest absolute Gasteiger partial charge is 0.308 e. The van der Waals surface area contributed by atoms with Crippen molar-refractivity contribution < 1.29 is 75.9 Å².